The molecule has 0 aliphatic rings. The molecular weight excluding hydrogens is 288 g/mol. The van der Waals surface area contributed by atoms with Crippen LogP contribution in [0.2, 0.25) is 0 Å². The van der Waals surface area contributed by atoms with E-state index in [0.29, 0.717) is 13.0 Å². The molecule has 1 aromatic rings. The van der Waals surface area contributed by atoms with Crippen molar-refractivity contribution < 1.29 is 27.6 Å². The average Bonchev–Trinajstić information content (AvgIpc) is 2.68. The molecule has 0 saturated carbocycles. The van der Waals surface area contributed by atoms with Gasteiger partial charge in [-0.2, -0.15) is 4.72 Å². The van der Waals surface area contributed by atoms with Gasteiger partial charge in [-0.1, -0.05) is 5.16 Å². The number of aryl methyl sites for hydroxylation is 2. The molecule has 1 atom stereocenters. The standard InChI is InChI=1S/C11H18N2O6S/c1-7-10(8(2)19-12-7)20(16,17)13-9(11(14)15)5-4-6-18-3/h9,13H,4-6H2,1-3H3,(H,14,15). The molecule has 1 heterocycles. The van der Waals surface area contributed by atoms with Crippen molar-refractivity contribution in [2.45, 2.75) is 37.6 Å². The molecule has 0 fully saturated rings. The highest BCUT2D eigenvalue weighted by Gasteiger charge is 2.29. The van der Waals surface area contributed by atoms with Crippen LogP contribution in [0.5, 0.6) is 0 Å². The monoisotopic (exact) mass is 306 g/mol. The van der Waals surface area contributed by atoms with Gasteiger partial charge in [0, 0.05) is 13.7 Å². The summed E-state index contributed by atoms with van der Waals surface area (Å²) in [5.74, 6) is -1.12. The van der Waals surface area contributed by atoms with Gasteiger partial charge in [-0.15, -0.1) is 0 Å². The van der Waals surface area contributed by atoms with Gasteiger partial charge >= 0.3 is 5.97 Å². The molecule has 1 unspecified atom stereocenters. The van der Waals surface area contributed by atoms with Crippen LogP contribution in [-0.2, 0) is 19.6 Å². The van der Waals surface area contributed by atoms with Gasteiger partial charge in [0.15, 0.2) is 5.76 Å². The molecular formula is C11H18N2O6S. The predicted molar refractivity (Wildman–Crippen MR) is 68.8 cm³/mol. The van der Waals surface area contributed by atoms with Gasteiger partial charge in [-0.05, 0) is 26.7 Å². The average molecular weight is 306 g/mol. The number of aliphatic carboxylic acids is 1. The van der Waals surface area contributed by atoms with E-state index in [0.717, 1.165) is 0 Å². The molecule has 0 bridgehead atoms. The lowest BCUT2D eigenvalue weighted by Gasteiger charge is -2.14. The minimum Gasteiger partial charge on any atom is -0.480 e. The largest absolute Gasteiger partial charge is 0.480 e. The van der Waals surface area contributed by atoms with E-state index in [9.17, 15) is 13.2 Å². The smallest absolute Gasteiger partial charge is 0.321 e. The summed E-state index contributed by atoms with van der Waals surface area (Å²) in [6.07, 6.45) is 0.559. The molecule has 9 heteroatoms. The molecule has 20 heavy (non-hydrogen) atoms. The zero-order valence-electron chi connectivity index (χ0n) is 11.5. The number of sulfonamides is 1. The van der Waals surface area contributed by atoms with E-state index in [4.69, 9.17) is 14.4 Å². The molecule has 0 aromatic carbocycles. The fourth-order valence-electron chi connectivity index (χ4n) is 1.77. The van der Waals surface area contributed by atoms with Crippen LogP contribution in [0.15, 0.2) is 9.42 Å². The molecule has 0 spiro atoms. The van der Waals surface area contributed by atoms with Crippen LogP contribution in [0.25, 0.3) is 0 Å². The third-order valence-electron chi connectivity index (χ3n) is 2.67. The van der Waals surface area contributed by atoms with Crippen molar-refractivity contribution in [2.75, 3.05) is 13.7 Å². The zero-order valence-corrected chi connectivity index (χ0v) is 12.4. The number of nitrogens with one attached hydrogen (secondary N) is 1. The van der Waals surface area contributed by atoms with E-state index in [-0.39, 0.29) is 22.8 Å². The number of carboxylic acids is 1. The Labute approximate surface area is 117 Å². The molecule has 0 saturated heterocycles. The second-order valence-corrected chi connectivity index (χ2v) is 5.95. The molecule has 0 aliphatic carbocycles. The van der Waals surface area contributed by atoms with Gasteiger partial charge in [0.05, 0.1) is 0 Å². The Kier molecular flexibility index (Phi) is 5.66. The van der Waals surface area contributed by atoms with Gasteiger partial charge in [0.2, 0.25) is 10.0 Å². The molecule has 1 aromatic heterocycles. The Balaban J connectivity index is 2.89. The van der Waals surface area contributed by atoms with Crippen molar-refractivity contribution in [1.82, 2.24) is 9.88 Å². The van der Waals surface area contributed by atoms with Gasteiger partial charge in [-0.3, -0.25) is 4.79 Å². The van der Waals surface area contributed by atoms with Crippen LogP contribution in [0.1, 0.15) is 24.3 Å². The fraction of sp³-hybridized carbons (Fsp3) is 0.636. The van der Waals surface area contributed by atoms with Crippen LogP contribution >= 0.6 is 0 Å². The maximum atomic E-state index is 12.2. The summed E-state index contributed by atoms with van der Waals surface area (Å²) in [5.41, 5.74) is 0.191. The lowest BCUT2D eigenvalue weighted by atomic mass is 10.2. The van der Waals surface area contributed by atoms with Crippen molar-refractivity contribution in [3.8, 4) is 0 Å². The summed E-state index contributed by atoms with van der Waals surface area (Å²) < 4.78 is 36.1. The van der Waals surface area contributed by atoms with E-state index in [1.54, 1.807) is 0 Å². The van der Waals surface area contributed by atoms with Crippen LogP contribution in [0.3, 0.4) is 0 Å². The van der Waals surface area contributed by atoms with Crippen molar-refractivity contribution in [2.24, 2.45) is 0 Å². The number of rotatable bonds is 8. The Bertz CT molecular complexity index is 546. The number of methoxy groups -OCH3 is 1. The highest BCUT2D eigenvalue weighted by Crippen LogP contribution is 2.19. The number of aromatic nitrogens is 1. The number of carbonyl (C=O) groups is 1. The normalized spacial score (nSPS) is 13.3. The first-order chi connectivity index (χ1) is 9.29. The highest BCUT2D eigenvalue weighted by atomic mass is 32.2. The predicted octanol–water partition coefficient (Wildman–Crippen LogP) is 0.450. The van der Waals surface area contributed by atoms with Crippen LogP contribution in [0, 0.1) is 13.8 Å². The first kappa shape index (κ1) is 16.6. The fourth-order valence-corrected chi connectivity index (χ4v) is 3.32. The van der Waals surface area contributed by atoms with E-state index in [1.165, 1.54) is 21.0 Å². The summed E-state index contributed by atoms with van der Waals surface area (Å²) in [4.78, 5) is 11.0. The Morgan fingerprint density at radius 2 is 2.15 bits per heavy atom. The zero-order chi connectivity index (χ0) is 15.3. The minimum atomic E-state index is -3.99. The molecule has 114 valence electrons. The van der Waals surface area contributed by atoms with Crippen molar-refractivity contribution >= 4 is 16.0 Å². The lowest BCUT2D eigenvalue weighted by Crippen LogP contribution is -2.41. The molecule has 1 rings (SSSR count). The first-order valence-corrected chi connectivity index (χ1v) is 7.45. The second kappa shape index (κ2) is 6.82. The van der Waals surface area contributed by atoms with Gasteiger partial charge in [-0.25, -0.2) is 8.42 Å². The molecule has 8 nitrogen and oxygen atoms in total. The lowest BCUT2D eigenvalue weighted by molar-refractivity contribution is -0.139. The molecule has 0 radical (unpaired) electrons. The van der Waals surface area contributed by atoms with Gasteiger partial charge in [0.25, 0.3) is 0 Å². The summed E-state index contributed by atoms with van der Waals surface area (Å²) in [5, 5.41) is 12.6. The maximum Gasteiger partial charge on any atom is 0.321 e. The van der Waals surface area contributed by atoms with Crippen LogP contribution in [-0.4, -0.2) is 44.4 Å². The number of nitrogens with zero attached hydrogens (tertiary/aromatic N) is 1. The number of hydrogen-bond acceptors (Lipinski definition) is 6. The van der Waals surface area contributed by atoms with E-state index in [1.807, 2.05) is 0 Å². The van der Waals surface area contributed by atoms with Gasteiger partial charge < -0.3 is 14.4 Å². The van der Waals surface area contributed by atoms with E-state index in [2.05, 4.69) is 9.88 Å². The number of hydrogen-bond donors (Lipinski definition) is 2. The highest BCUT2D eigenvalue weighted by molar-refractivity contribution is 7.89. The Morgan fingerprint density at radius 3 is 2.60 bits per heavy atom. The molecule has 2 N–H and O–H groups in total. The molecule has 0 amide bonds. The third-order valence-corrected chi connectivity index (χ3v) is 4.39. The van der Waals surface area contributed by atoms with E-state index >= 15 is 0 Å². The summed E-state index contributed by atoms with van der Waals surface area (Å²) in [6, 6.07) is -1.22. The van der Waals surface area contributed by atoms with Crippen LogP contribution in [0.4, 0.5) is 0 Å². The summed E-state index contributed by atoms with van der Waals surface area (Å²) >= 11 is 0. The van der Waals surface area contributed by atoms with Crippen molar-refractivity contribution in [3.63, 3.8) is 0 Å². The van der Waals surface area contributed by atoms with Gasteiger partial charge in [0.1, 0.15) is 16.6 Å². The van der Waals surface area contributed by atoms with Crippen molar-refractivity contribution in [3.05, 3.63) is 11.5 Å². The Hall–Kier alpha value is -1.45. The maximum absolute atomic E-state index is 12.2. The van der Waals surface area contributed by atoms with Crippen molar-refractivity contribution in [1.29, 1.82) is 0 Å². The number of ether oxygens (including phenoxy) is 1. The summed E-state index contributed by atoms with van der Waals surface area (Å²) in [7, 11) is -2.50. The second-order valence-electron chi connectivity index (χ2n) is 4.30. The SMILES string of the molecule is COCCCC(NS(=O)(=O)c1c(C)noc1C)C(=O)O. The van der Waals surface area contributed by atoms with Crippen LogP contribution < -0.4 is 4.72 Å². The quantitative estimate of drug-likeness (QED) is 0.669. The Morgan fingerprint density at radius 1 is 1.50 bits per heavy atom. The molecule has 0 aliphatic heterocycles. The minimum absolute atomic E-state index is 0.115. The first-order valence-electron chi connectivity index (χ1n) is 5.96. The third kappa shape index (κ3) is 4.02. The summed E-state index contributed by atoms with van der Waals surface area (Å²) in [6.45, 7) is 3.29. The number of carboxylic acid groups (broad SMARTS) is 1. The topological polar surface area (TPSA) is 119 Å². The van der Waals surface area contributed by atoms with E-state index < -0.39 is 22.0 Å².